The van der Waals surface area contributed by atoms with Crippen LogP contribution >= 0.6 is 15.9 Å². The van der Waals surface area contributed by atoms with Crippen LogP contribution in [0.2, 0.25) is 0 Å². The quantitative estimate of drug-likeness (QED) is 0.332. The zero-order valence-corrected chi connectivity index (χ0v) is 25.5. The number of carbonyl (C=O) groups excluding carboxylic acids is 2. The monoisotopic (exact) mass is 636 g/mol. The van der Waals surface area contributed by atoms with Crippen LogP contribution in [0.25, 0.3) is 0 Å². The van der Waals surface area contributed by atoms with E-state index in [0.717, 1.165) is 0 Å². The molecule has 7 nitrogen and oxygen atoms in total. The Bertz CT molecular complexity index is 1200. The van der Waals surface area contributed by atoms with Gasteiger partial charge in [0.25, 0.3) is 0 Å². The van der Waals surface area contributed by atoms with Crippen molar-refractivity contribution in [2.45, 2.75) is 77.4 Å². The van der Waals surface area contributed by atoms with Crippen molar-refractivity contribution in [3.8, 4) is 0 Å². The van der Waals surface area contributed by atoms with Gasteiger partial charge in [-0.15, -0.1) is 0 Å². The molecule has 1 aliphatic heterocycles. The van der Waals surface area contributed by atoms with Crippen molar-refractivity contribution in [3.63, 3.8) is 0 Å². The van der Waals surface area contributed by atoms with Crippen molar-refractivity contribution in [2.24, 2.45) is 5.92 Å². The number of hydrogen-bond donors (Lipinski definition) is 0. The van der Waals surface area contributed by atoms with E-state index in [4.69, 9.17) is 14.2 Å². The fraction of sp³-hybridized carbons (Fsp3) is 0.548. The first-order valence-corrected chi connectivity index (χ1v) is 14.9. The number of halogens is 3. The van der Waals surface area contributed by atoms with E-state index in [1.165, 1.54) is 12.1 Å². The average molecular weight is 638 g/mol. The third-order valence-corrected chi connectivity index (χ3v) is 7.93. The first-order valence-electron chi connectivity index (χ1n) is 14.1. The van der Waals surface area contributed by atoms with Crippen molar-refractivity contribution in [1.82, 2.24) is 9.80 Å². The minimum absolute atomic E-state index is 0.0774. The van der Waals surface area contributed by atoms with Gasteiger partial charge >= 0.3 is 6.09 Å². The van der Waals surface area contributed by atoms with Gasteiger partial charge in [-0.2, -0.15) is 0 Å². The summed E-state index contributed by atoms with van der Waals surface area (Å²) in [5.74, 6) is -0.781. The molecule has 2 aromatic carbocycles. The van der Waals surface area contributed by atoms with E-state index in [9.17, 15) is 18.4 Å². The Hall–Kier alpha value is -2.56. The lowest BCUT2D eigenvalue weighted by Gasteiger charge is -2.39. The highest BCUT2D eigenvalue weighted by Gasteiger charge is 2.36. The first-order chi connectivity index (χ1) is 19.5. The van der Waals surface area contributed by atoms with Crippen LogP contribution in [0.1, 0.15) is 57.6 Å². The minimum atomic E-state index is -0.688. The predicted octanol–water partition coefficient (Wildman–Crippen LogP) is 6.47. The number of nitrogens with zero attached hydrogens (tertiary/aromatic N) is 2. The summed E-state index contributed by atoms with van der Waals surface area (Å²) in [5.41, 5.74) is 0.206. The second kappa shape index (κ2) is 14.1. The van der Waals surface area contributed by atoms with Gasteiger partial charge in [-0.1, -0.05) is 40.2 Å². The van der Waals surface area contributed by atoms with Gasteiger partial charge in [0.2, 0.25) is 5.91 Å². The molecule has 0 radical (unpaired) electrons. The molecule has 0 spiro atoms. The van der Waals surface area contributed by atoms with Crippen LogP contribution < -0.4 is 0 Å². The van der Waals surface area contributed by atoms with Gasteiger partial charge in [0.15, 0.2) is 0 Å². The molecule has 41 heavy (non-hydrogen) atoms. The first kappa shape index (κ1) is 31.4. The molecular weight excluding hydrogens is 598 g/mol. The minimum Gasteiger partial charge on any atom is -0.444 e. The van der Waals surface area contributed by atoms with Crippen molar-refractivity contribution < 1.29 is 32.6 Å². The standard InChI is InChI=1S/C31H39BrF2N2O5/c1-31(2,3)41-30(38)36(17-22-8-11-24(32)16-28(22)34)25-12-9-21(10-13-25)29(37)35-14-15-40-26(18-35)20-39-19-23-6-4-5-7-27(23)33/h4-8,11,16,21,25-26H,9-10,12-15,17-20H2,1-3H3. The van der Waals surface area contributed by atoms with Crippen LogP contribution in [-0.4, -0.2) is 65.9 Å². The van der Waals surface area contributed by atoms with Crippen molar-refractivity contribution in [2.75, 3.05) is 26.3 Å². The smallest absolute Gasteiger partial charge is 0.410 e. The molecule has 2 aromatic rings. The number of morpholine rings is 1. The molecular formula is C31H39BrF2N2O5. The molecule has 2 fully saturated rings. The van der Waals surface area contributed by atoms with E-state index in [2.05, 4.69) is 15.9 Å². The number of carbonyl (C=O) groups is 2. The molecule has 0 aromatic heterocycles. The summed E-state index contributed by atoms with van der Waals surface area (Å²) in [6.07, 6.45) is 1.72. The van der Waals surface area contributed by atoms with Gasteiger partial charge in [0.05, 0.1) is 32.5 Å². The Morgan fingerprint density at radius 3 is 2.46 bits per heavy atom. The highest BCUT2D eigenvalue weighted by atomic mass is 79.9. The normalized spacial score (nSPS) is 21.4. The third-order valence-electron chi connectivity index (χ3n) is 7.44. The Kier molecular flexibility index (Phi) is 10.8. The molecule has 2 aliphatic rings. The van der Waals surface area contributed by atoms with Gasteiger partial charge in [-0.25, -0.2) is 13.6 Å². The van der Waals surface area contributed by atoms with Crippen LogP contribution in [0.3, 0.4) is 0 Å². The number of hydrogen-bond acceptors (Lipinski definition) is 5. The maximum atomic E-state index is 14.7. The van der Waals surface area contributed by atoms with E-state index in [0.29, 0.717) is 61.0 Å². The molecule has 1 heterocycles. The van der Waals surface area contributed by atoms with Crippen LogP contribution in [0.5, 0.6) is 0 Å². The fourth-order valence-corrected chi connectivity index (χ4v) is 5.66. The molecule has 0 bridgehead atoms. The summed E-state index contributed by atoms with van der Waals surface area (Å²) in [6, 6.07) is 11.1. The van der Waals surface area contributed by atoms with Crippen LogP contribution in [0.4, 0.5) is 13.6 Å². The summed E-state index contributed by atoms with van der Waals surface area (Å²) in [4.78, 5) is 30.0. The molecule has 0 N–H and O–H groups in total. The van der Waals surface area contributed by atoms with E-state index >= 15 is 0 Å². The maximum Gasteiger partial charge on any atom is 0.410 e. The second-order valence-corrected chi connectivity index (χ2v) is 12.6. The second-order valence-electron chi connectivity index (χ2n) is 11.7. The molecule has 10 heteroatoms. The van der Waals surface area contributed by atoms with Gasteiger partial charge in [0.1, 0.15) is 17.2 Å². The highest BCUT2D eigenvalue weighted by molar-refractivity contribution is 9.10. The zero-order valence-electron chi connectivity index (χ0n) is 23.9. The molecule has 4 rings (SSSR count). The van der Waals surface area contributed by atoms with E-state index in [-0.39, 0.29) is 49.5 Å². The zero-order chi connectivity index (χ0) is 29.6. The summed E-state index contributed by atoms with van der Waals surface area (Å²) >= 11 is 3.28. The van der Waals surface area contributed by atoms with Crippen LogP contribution in [0, 0.1) is 17.6 Å². The average Bonchev–Trinajstić information content (AvgIpc) is 2.93. The summed E-state index contributed by atoms with van der Waals surface area (Å²) < 4.78 is 46.3. The largest absolute Gasteiger partial charge is 0.444 e. The Balaban J connectivity index is 1.32. The lowest BCUT2D eigenvalue weighted by molar-refractivity contribution is -0.147. The van der Waals surface area contributed by atoms with Gasteiger partial charge in [-0.05, 0) is 64.7 Å². The number of amides is 2. The highest BCUT2D eigenvalue weighted by Crippen LogP contribution is 2.32. The van der Waals surface area contributed by atoms with E-state index in [1.54, 1.807) is 56.0 Å². The summed E-state index contributed by atoms with van der Waals surface area (Å²) in [7, 11) is 0. The summed E-state index contributed by atoms with van der Waals surface area (Å²) in [6.45, 7) is 7.26. The Labute approximate surface area is 249 Å². The van der Waals surface area contributed by atoms with Crippen LogP contribution in [0.15, 0.2) is 46.9 Å². The molecule has 1 saturated heterocycles. The van der Waals surface area contributed by atoms with Gasteiger partial charge < -0.3 is 24.0 Å². The summed E-state index contributed by atoms with van der Waals surface area (Å²) in [5, 5.41) is 0. The van der Waals surface area contributed by atoms with Gasteiger partial charge in [0, 0.05) is 40.6 Å². The molecule has 1 saturated carbocycles. The van der Waals surface area contributed by atoms with Crippen molar-refractivity contribution >= 4 is 27.9 Å². The topological polar surface area (TPSA) is 68.3 Å². The number of rotatable bonds is 8. The molecule has 1 atom stereocenters. The van der Waals surface area contributed by atoms with Crippen LogP contribution in [-0.2, 0) is 32.2 Å². The van der Waals surface area contributed by atoms with Gasteiger partial charge in [-0.3, -0.25) is 4.79 Å². The third kappa shape index (κ3) is 8.96. The SMILES string of the molecule is CC(C)(C)OC(=O)N(Cc1ccc(Br)cc1F)C1CCC(C(=O)N2CCOC(COCc3ccccc3F)C2)CC1. The van der Waals surface area contributed by atoms with Crippen molar-refractivity contribution in [1.29, 1.82) is 0 Å². The Morgan fingerprint density at radius 1 is 1.05 bits per heavy atom. The molecule has 2 amide bonds. The lowest BCUT2D eigenvalue weighted by atomic mass is 9.84. The van der Waals surface area contributed by atoms with E-state index in [1.807, 2.05) is 4.90 Å². The molecule has 1 unspecified atom stereocenters. The molecule has 1 aliphatic carbocycles. The lowest BCUT2D eigenvalue weighted by Crippen LogP contribution is -2.50. The van der Waals surface area contributed by atoms with E-state index < -0.39 is 17.5 Å². The molecule has 224 valence electrons. The van der Waals surface area contributed by atoms with Crippen molar-refractivity contribution in [3.05, 3.63) is 69.7 Å². The number of benzene rings is 2. The maximum absolute atomic E-state index is 14.7. The number of ether oxygens (including phenoxy) is 3. The Morgan fingerprint density at radius 2 is 1.78 bits per heavy atom. The fourth-order valence-electron chi connectivity index (χ4n) is 5.33. The predicted molar refractivity (Wildman–Crippen MR) is 154 cm³/mol.